The zero-order valence-electron chi connectivity index (χ0n) is 12.9. The van der Waals surface area contributed by atoms with Crippen molar-refractivity contribution in [2.24, 2.45) is 0 Å². The highest BCUT2D eigenvalue weighted by Crippen LogP contribution is 2.15. The van der Waals surface area contributed by atoms with Gasteiger partial charge < -0.3 is 10.1 Å². The lowest BCUT2D eigenvalue weighted by molar-refractivity contribution is 0.0529. The van der Waals surface area contributed by atoms with Gasteiger partial charge in [-0.05, 0) is 34.6 Å². The van der Waals surface area contributed by atoms with Crippen LogP contribution in [0, 0.1) is 13.8 Å². The van der Waals surface area contributed by atoms with Gasteiger partial charge in [0.15, 0.2) is 0 Å². The van der Waals surface area contributed by atoms with Crippen molar-refractivity contribution in [1.29, 1.82) is 0 Å². The number of aromatic nitrogens is 2. The van der Waals surface area contributed by atoms with Crippen LogP contribution in [0.5, 0.6) is 0 Å². The van der Waals surface area contributed by atoms with Crippen molar-refractivity contribution in [2.45, 2.75) is 45.1 Å². The Balaban J connectivity index is 2.48. The number of nitrogens with one attached hydrogen (secondary N) is 3. The number of ether oxygens (including phenoxy) is 1. The number of aromatic amines is 1. The van der Waals surface area contributed by atoms with Gasteiger partial charge in [0.1, 0.15) is 10.5 Å². The maximum atomic E-state index is 12.1. The Bertz CT molecular complexity index is 582. The van der Waals surface area contributed by atoms with Gasteiger partial charge in [0.2, 0.25) is 10.0 Å². The number of aryl methyl sites for hydroxylation is 2. The molecule has 0 aromatic carbocycles. The number of sulfonamides is 1. The molecule has 1 heterocycles. The van der Waals surface area contributed by atoms with Gasteiger partial charge in [-0.3, -0.25) is 5.10 Å². The van der Waals surface area contributed by atoms with Crippen molar-refractivity contribution in [3.05, 3.63) is 11.4 Å². The van der Waals surface area contributed by atoms with Crippen LogP contribution in [0.15, 0.2) is 4.90 Å². The van der Waals surface area contributed by atoms with Crippen LogP contribution in [0.3, 0.4) is 0 Å². The summed E-state index contributed by atoms with van der Waals surface area (Å²) in [6.45, 7) is 8.68. The van der Waals surface area contributed by atoms with Gasteiger partial charge in [-0.25, -0.2) is 17.9 Å². The van der Waals surface area contributed by atoms with E-state index in [2.05, 4.69) is 20.2 Å². The molecule has 0 atom stereocenters. The monoisotopic (exact) mass is 318 g/mol. The number of carbonyl (C=O) groups is 1. The SMILES string of the molecule is Cc1n[nH]c(C)c1S(=O)(=O)NCCNC(=O)OC(C)(C)C. The van der Waals surface area contributed by atoms with Gasteiger partial charge in [-0.15, -0.1) is 0 Å². The number of hydrogen-bond donors (Lipinski definition) is 3. The number of amides is 1. The van der Waals surface area contributed by atoms with Crippen molar-refractivity contribution in [1.82, 2.24) is 20.2 Å². The minimum atomic E-state index is -3.65. The Hall–Kier alpha value is -1.61. The molecule has 3 N–H and O–H groups in total. The van der Waals surface area contributed by atoms with Crippen molar-refractivity contribution in [3.63, 3.8) is 0 Å². The lowest BCUT2D eigenvalue weighted by Crippen LogP contribution is -2.38. The number of alkyl carbamates (subject to hydrolysis) is 1. The summed E-state index contributed by atoms with van der Waals surface area (Å²) >= 11 is 0. The second-order valence-corrected chi connectivity index (χ2v) is 7.29. The summed E-state index contributed by atoms with van der Waals surface area (Å²) in [7, 11) is -3.65. The van der Waals surface area contributed by atoms with E-state index >= 15 is 0 Å². The molecular weight excluding hydrogens is 296 g/mol. The first-order chi connectivity index (χ1) is 9.53. The zero-order chi connectivity index (χ0) is 16.3. The highest BCUT2D eigenvalue weighted by molar-refractivity contribution is 7.89. The van der Waals surface area contributed by atoms with Crippen LogP contribution in [0.2, 0.25) is 0 Å². The first kappa shape index (κ1) is 17.4. The molecular formula is C12H22N4O4S. The summed E-state index contributed by atoms with van der Waals surface area (Å²) in [5, 5.41) is 8.94. The summed E-state index contributed by atoms with van der Waals surface area (Å²) in [6, 6.07) is 0. The molecule has 1 aromatic heterocycles. The van der Waals surface area contributed by atoms with E-state index in [0.29, 0.717) is 11.4 Å². The number of H-pyrrole nitrogens is 1. The average Bonchev–Trinajstić information content (AvgIpc) is 2.63. The van der Waals surface area contributed by atoms with Crippen molar-refractivity contribution in [2.75, 3.05) is 13.1 Å². The minimum absolute atomic E-state index is 0.0611. The fraction of sp³-hybridized carbons (Fsp3) is 0.667. The Kier molecular flexibility index (Phi) is 5.35. The molecule has 0 aliphatic carbocycles. The highest BCUT2D eigenvalue weighted by atomic mass is 32.2. The predicted molar refractivity (Wildman–Crippen MR) is 77.5 cm³/mol. The molecule has 0 unspecified atom stereocenters. The van der Waals surface area contributed by atoms with E-state index < -0.39 is 21.7 Å². The molecule has 1 amide bonds. The Morgan fingerprint density at radius 1 is 1.29 bits per heavy atom. The topological polar surface area (TPSA) is 113 Å². The van der Waals surface area contributed by atoms with E-state index in [4.69, 9.17) is 4.74 Å². The molecule has 120 valence electrons. The molecule has 0 radical (unpaired) electrons. The van der Waals surface area contributed by atoms with E-state index in [1.807, 2.05) is 0 Å². The molecule has 0 saturated heterocycles. The summed E-state index contributed by atoms with van der Waals surface area (Å²) in [6.07, 6.45) is -0.586. The second kappa shape index (κ2) is 6.44. The normalized spacial score (nSPS) is 12.2. The van der Waals surface area contributed by atoms with Crippen LogP contribution >= 0.6 is 0 Å². The quantitative estimate of drug-likeness (QED) is 0.696. The zero-order valence-corrected chi connectivity index (χ0v) is 13.7. The molecule has 1 aromatic rings. The second-order valence-electron chi connectivity index (χ2n) is 5.59. The van der Waals surface area contributed by atoms with E-state index in [1.54, 1.807) is 34.6 Å². The van der Waals surface area contributed by atoms with Crippen molar-refractivity contribution < 1.29 is 17.9 Å². The maximum absolute atomic E-state index is 12.1. The van der Waals surface area contributed by atoms with Gasteiger partial charge in [0, 0.05) is 13.1 Å². The summed E-state index contributed by atoms with van der Waals surface area (Å²) in [5.41, 5.74) is 0.287. The molecule has 9 heteroatoms. The van der Waals surface area contributed by atoms with Gasteiger partial charge in [-0.2, -0.15) is 5.10 Å². The van der Waals surface area contributed by atoms with Crippen LogP contribution in [0.1, 0.15) is 32.2 Å². The third kappa shape index (κ3) is 5.35. The minimum Gasteiger partial charge on any atom is -0.444 e. The number of rotatable bonds is 5. The third-order valence-corrected chi connectivity index (χ3v) is 4.14. The number of carbonyl (C=O) groups excluding carboxylic acids is 1. The van der Waals surface area contributed by atoms with E-state index in [9.17, 15) is 13.2 Å². The van der Waals surface area contributed by atoms with Crippen molar-refractivity contribution >= 4 is 16.1 Å². The third-order valence-electron chi connectivity index (χ3n) is 2.41. The lowest BCUT2D eigenvalue weighted by Gasteiger charge is -2.19. The summed E-state index contributed by atoms with van der Waals surface area (Å²) < 4.78 is 31.6. The van der Waals surface area contributed by atoms with Crippen molar-refractivity contribution in [3.8, 4) is 0 Å². The lowest BCUT2D eigenvalue weighted by atomic mass is 10.2. The molecule has 1 rings (SSSR count). The number of nitrogens with zero attached hydrogens (tertiary/aromatic N) is 1. The van der Waals surface area contributed by atoms with Crippen LogP contribution < -0.4 is 10.0 Å². The Morgan fingerprint density at radius 3 is 2.38 bits per heavy atom. The van der Waals surface area contributed by atoms with Gasteiger partial charge >= 0.3 is 6.09 Å². The molecule has 0 aliphatic heterocycles. The summed E-state index contributed by atoms with van der Waals surface area (Å²) in [4.78, 5) is 11.5. The summed E-state index contributed by atoms with van der Waals surface area (Å²) in [5.74, 6) is 0. The largest absolute Gasteiger partial charge is 0.444 e. The Labute approximate surface area is 124 Å². The van der Waals surface area contributed by atoms with Crippen LogP contribution in [0.25, 0.3) is 0 Å². The number of hydrogen-bond acceptors (Lipinski definition) is 5. The molecule has 0 aliphatic rings. The van der Waals surface area contributed by atoms with Gasteiger partial charge in [0.05, 0.1) is 11.4 Å². The molecule has 8 nitrogen and oxygen atoms in total. The van der Waals surface area contributed by atoms with Gasteiger partial charge in [-0.1, -0.05) is 0 Å². The van der Waals surface area contributed by atoms with Crippen LogP contribution in [0.4, 0.5) is 4.79 Å². The van der Waals surface area contributed by atoms with E-state index in [1.165, 1.54) is 0 Å². The average molecular weight is 318 g/mol. The molecule has 0 fully saturated rings. The Morgan fingerprint density at radius 2 is 1.90 bits per heavy atom. The van der Waals surface area contributed by atoms with E-state index in [-0.39, 0.29) is 18.0 Å². The van der Waals surface area contributed by atoms with Crippen LogP contribution in [-0.2, 0) is 14.8 Å². The first-order valence-electron chi connectivity index (χ1n) is 6.51. The maximum Gasteiger partial charge on any atom is 0.407 e. The molecule has 0 bridgehead atoms. The predicted octanol–water partition coefficient (Wildman–Crippen LogP) is 0.830. The fourth-order valence-corrected chi connectivity index (χ4v) is 3.07. The molecule has 0 saturated carbocycles. The van der Waals surface area contributed by atoms with E-state index in [0.717, 1.165) is 0 Å². The smallest absolute Gasteiger partial charge is 0.407 e. The van der Waals surface area contributed by atoms with Gasteiger partial charge in [0.25, 0.3) is 0 Å². The first-order valence-corrected chi connectivity index (χ1v) is 7.99. The molecule has 0 spiro atoms. The molecule has 21 heavy (non-hydrogen) atoms. The standard InChI is InChI=1S/C12H22N4O4S/c1-8-10(9(2)16-15-8)21(18,19)14-7-6-13-11(17)20-12(3,4)5/h14H,6-7H2,1-5H3,(H,13,17)(H,15,16). The highest BCUT2D eigenvalue weighted by Gasteiger charge is 2.22. The van der Waals surface area contributed by atoms with Crippen LogP contribution in [-0.4, -0.2) is 43.4 Å². The fourth-order valence-electron chi connectivity index (χ4n) is 1.67.